The standard InChI is InChI=1S/C16H13FN4/c1-10-13(7-18-8-14(10)17)11-2-4-15-12(6-11)3-5-16-20-19-9-21(15)16/h2,4,6-9H,3,5H2,1H3. The molecular weight excluding hydrogens is 267 g/mol. The molecule has 2 aromatic heterocycles. The fourth-order valence-electron chi connectivity index (χ4n) is 2.86. The number of nitrogens with zero attached hydrogens (tertiary/aromatic N) is 4. The first-order valence-electron chi connectivity index (χ1n) is 6.87. The van der Waals surface area contributed by atoms with E-state index in [2.05, 4.69) is 21.2 Å². The van der Waals surface area contributed by atoms with E-state index in [0.29, 0.717) is 5.56 Å². The Bertz CT molecular complexity index is 838. The number of halogens is 1. The highest BCUT2D eigenvalue weighted by molar-refractivity contribution is 5.69. The molecule has 4 rings (SSSR count). The predicted molar refractivity (Wildman–Crippen MR) is 76.7 cm³/mol. The van der Waals surface area contributed by atoms with Crippen LogP contribution in [0.1, 0.15) is 17.0 Å². The minimum absolute atomic E-state index is 0.272. The van der Waals surface area contributed by atoms with Crippen molar-refractivity contribution in [3.8, 4) is 16.8 Å². The number of fused-ring (bicyclic) bond motifs is 3. The van der Waals surface area contributed by atoms with Gasteiger partial charge in [0.15, 0.2) is 0 Å². The topological polar surface area (TPSA) is 43.6 Å². The zero-order valence-corrected chi connectivity index (χ0v) is 11.5. The first-order valence-corrected chi connectivity index (χ1v) is 6.87. The highest BCUT2D eigenvalue weighted by Crippen LogP contribution is 2.30. The van der Waals surface area contributed by atoms with Gasteiger partial charge in [0, 0.05) is 18.2 Å². The molecule has 4 nitrogen and oxygen atoms in total. The SMILES string of the molecule is Cc1c(F)cncc1-c1ccc2c(c1)CCc1nncn1-2. The van der Waals surface area contributed by atoms with E-state index in [1.165, 1.54) is 11.8 Å². The van der Waals surface area contributed by atoms with Gasteiger partial charge in [-0.1, -0.05) is 6.07 Å². The van der Waals surface area contributed by atoms with E-state index in [0.717, 1.165) is 35.5 Å². The van der Waals surface area contributed by atoms with Crippen LogP contribution in [0.5, 0.6) is 0 Å². The Morgan fingerprint density at radius 3 is 3.00 bits per heavy atom. The molecule has 104 valence electrons. The average molecular weight is 280 g/mol. The van der Waals surface area contributed by atoms with Gasteiger partial charge in [0.2, 0.25) is 0 Å². The van der Waals surface area contributed by atoms with Gasteiger partial charge in [0.05, 0.1) is 11.9 Å². The maximum Gasteiger partial charge on any atom is 0.145 e. The Labute approximate surface area is 121 Å². The van der Waals surface area contributed by atoms with Gasteiger partial charge in [-0.3, -0.25) is 9.55 Å². The molecule has 1 aliphatic rings. The summed E-state index contributed by atoms with van der Waals surface area (Å²) in [7, 11) is 0. The molecule has 0 N–H and O–H groups in total. The van der Waals surface area contributed by atoms with Crippen molar-refractivity contribution in [1.29, 1.82) is 0 Å². The quantitative estimate of drug-likeness (QED) is 0.688. The molecule has 1 aromatic carbocycles. The Morgan fingerprint density at radius 2 is 2.10 bits per heavy atom. The summed E-state index contributed by atoms with van der Waals surface area (Å²) >= 11 is 0. The second-order valence-electron chi connectivity index (χ2n) is 5.25. The zero-order chi connectivity index (χ0) is 14.4. The lowest BCUT2D eigenvalue weighted by molar-refractivity contribution is 0.613. The highest BCUT2D eigenvalue weighted by atomic mass is 19.1. The molecule has 5 heteroatoms. The lowest BCUT2D eigenvalue weighted by Gasteiger charge is -2.18. The largest absolute Gasteiger partial charge is 0.285 e. The molecule has 1 aliphatic heterocycles. The summed E-state index contributed by atoms with van der Waals surface area (Å²) in [5, 5.41) is 8.08. The summed E-state index contributed by atoms with van der Waals surface area (Å²) in [6, 6.07) is 6.15. The zero-order valence-electron chi connectivity index (χ0n) is 11.5. The Hall–Kier alpha value is -2.56. The third kappa shape index (κ3) is 1.85. The van der Waals surface area contributed by atoms with E-state index < -0.39 is 0 Å². The number of aryl methyl sites for hydroxylation is 2. The maximum atomic E-state index is 13.7. The van der Waals surface area contributed by atoms with E-state index in [4.69, 9.17) is 0 Å². The maximum absolute atomic E-state index is 13.7. The van der Waals surface area contributed by atoms with E-state index in [9.17, 15) is 4.39 Å². The van der Waals surface area contributed by atoms with Crippen molar-refractivity contribution in [3.05, 3.63) is 59.7 Å². The molecule has 0 atom stereocenters. The second kappa shape index (κ2) is 4.48. The summed E-state index contributed by atoms with van der Waals surface area (Å²) in [6.45, 7) is 1.78. The molecule has 0 spiro atoms. The van der Waals surface area contributed by atoms with Crippen molar-refractivity contribution in [1.82, 2.24) is 19.7 Å². The summed E-state index contributed by atoms with van der Waals surface area (Å²) in [5.41, 5.74) is 4.79. The van der Waals surface area contributed by atoms with Crippen molar-refractivity contribution >= 4 is 0 Å². The number of pyridine rings is 1. The van der Waals surface area contributed by atoms with E-state index in [1.807, 2.05) is 16.7 Å². The Kier molecular flexibility index (Phi) is 2.60. The van der Waals surface area contributed by atoms with E-state index in [-0.39, 0.29) is 5.82 Å². The number of aromatic nitrogens is 4. The average Bonchev–Trinajstić information content (AvgIpc) is 2.98. The van der Waals surface area contributed by atoms with Gasteiger partial charge < -0.3 is 0 Å². The van der Waals surface area contributed by atoms with Crippen LogP contribution in [0.4, 0.5) is 4.39 Å². The Balaban J connectivity index is 1.86. The first kappa shape index (κ1) is 12.2. The lowest BCUT2D eigenvalue weighted by atomic mass is 9.96. The third-order valence-corrected chi connectivity index (χ3v) is 4.04. The molecule has 0 saturated heterocycles. The molecule has 0 radical (unpaired) electrons. The molecule has 0 saturated carbocycles. The highest BCUT2D eigenvalue weighted by Gasteiger charge is 2.18. The molecule has 0 unspecified atom stereocenters. The van der Waals surface area contributed by atoms with Gasteiger partial charge >= 0.3 is 0 Å². The minimum Gasteiger partial charge on any atom is -0.285 e. The van der Waals surface area contributed by atoms with Crippen LogP contribution in [0.15, 0.2) is 36.9 Å². The van der Waals surface area contributed by atoms with Gasteiger partial charge in [-0.2, -0.15) is 0 Å². The van der Waals surface area contributed by atoms with Crippen LogP contribution in [0.2, 0.25) is 0 Å². The van der Waals surface area contributed by atoms with Gasteiger partial charge in [0.1, 0.15) is 18.0 Å². The normalized spacial score (nSPS) is 12.9. The van der Waals surface area contributed by atoms with E-state index >= 15 is 0 Å². The summed E-state index contributed by atoms with van der Waals surface area (Å²) in [5.74, 6) is 0.713. The number of benzene rings is 1. The van der Waals surface area contributed by atoms with Crippen molar-refractivity contribution in [2.24, 2.45) is 0 Å². The van der Waals surface area contributed by atoms with Gasteiger partial charge in [-0.15, -0.1) is 10.2 Å². The molecular formula is C16H13FN4. The van der Waals surface area contributed by atoms with Gasteiger partial charge in [0.25, 0.3) is 0 Å². The molecule has 0 bridgehead atoms. The van der Waals surface area contributed by atoms with Gasteiger partial charge in [-0.05, 0) is 42.2 Å². The van der Waals surface area contributed by atoms with Crippen LogP contribution in [0, 0.1) is 12.7 Å². The van der Waals surface area contributed by atoms with Crippen molar-refractivity contribution < 1.29 is 4.39 Å². The number of hydrogen-bond donors (Lipinski definition) is 0. The lowest BCUT2D eigenvalue weighted by Crippen LogP contribution is -2.11. The predicted octanol–water partition coefficient (Wildman–Crippen LogP) is 2.88. The monoisotopic (exact) mass is 280 g/mol. The fraction of sp³-hybridized carbons (Fsp3) is 0.188. The fourth-order valence-corrected chi connectivity index (χ4v) is 2.86. The molecule has 21 heavy (non-hydrogen) atoms. The molecule has 0 amide bonds. The van der Waals surface area contributed by atoms with Crippen LogP contribution in [-0.2, 0) is 12.8 Å². The van der Waals surface area contributed by atoms with Crippen LogP contribution in [0.25, 0.3) is 16.8 Å². The minimum atomic E-state index is -0.272. The summed E-state index contributed by atoms with van der Waals surface area (Å²) in [4.78, 5) is 3.96. The third-order valence-electron chi connectivity index (χ3n) is 4.04. The molecule has 0 fully saturated rings. The summed E-state index contributed by atoms with van der Waals surface area (Å²) in [6.07, 6.45) is 6.50. The van der Waals surface area contributed by atoms with Crippen LogP contribution in [0.3, 0.4) is 0 Å². The van der Waals surface area contributed by atoms with Crippen LogP contribution in [-0.4, -0.2) is 19.7 Å². The van der Waals surface area contributed by atoms with Crippen LogP contribution < -0.4 is 0 Å². The number of rotatable bonds is 1. The second-order valence-corrected chi connectivity index (χ2v) is 5.25. The first-order chi connectivity index (χ1) is 10.2. The number of hydrogen-bond acceptors (Lipinski definition) is 3. The van der Waals surface area contributed by atoms with Crippen molar-refractivity contribution in [3.63, 3.8) is 0 Å². The van der Waals surface area contributed by atoms with Crippen molar-refractivity contribution in [2.45, 2.75) is 19.8 Å². The van der Waals surface area contributed by atoms with Crippen molar-refractivity contribution in [2.75, 3.05) is 0 Å². The summed E-state index contributed by atoms with van der Waals surface area (Å²) < 4.78 is 15.7. The van der Waals surface area contributed by atoms with E-state index in [1.54, 1.807) is 19.4 Å². The molecule has 3 aromatic rings. The molecule has 0 aliphatic carbocycles. The smallest absolute Gasteiger partial charge is 0.145 e. The van der Waals surface area contributed by atoms with Gasteiger partial charge in [-0.25, -0.2) is 4.39 Å². The Morgan fingerprint density at radius 1 is 1.19 bits per heavy atom. The molecule has 3 heterocycles. The van der Waals surface area contributed by atoms with Crippen LogP contribution >= 0.6 is 0 Å².